The van der Waals surface area contributed by atoms with Gasteiger partial charge in [-0.2, -0.15) is 0 Å². The van der Waals surface area contributed by atoms with Gasteiger partial charge in [-0.1, -0.05) is 50.2 Å². The summed E-state index contributed by atoms with van der Waals surface area (Å²) >= 11 is 0. The SMILES string of the molecule is CC1CC(=O)N(Cc2ccccc2[N+](=O)[O-])C(O)C1.CC1CCN(Cc2ccccc2[N+](=O)[O-])C(=O)C1. The maximum Gasteiger partial charge on any atom is 0.274 e. The molecule has 2 saturated heterocycles. The van der Waals surface area contributed by atoms with Crippen LogP contribution in [0.5, 0.6) is 0 Å². The van der Waals surface area contributed by atoms with E-state index in [-0.39, 0.29) is 35.7 Å². The Morgan fingerprint density at radius 3 is 1.86 bits per heavy atom. The Kier molecular flexibility index (Phi) is 9.29. The summed E-state index contributed by atoms with van der Waals surface area (Å²) in [7, 11) is 0. The number of carbonyl (C=O) groups is 2. The maximum absolute atomic E-state index is 11.9. The van der Waals surface area contributed by atoms with E-state index in [0.29, 0.717) is 49.4 Å². The van der Waals surface area contributed by atoms with Gasteiger partial charge in [-0.15, -0.1) is 0 Å². The van der Waals surface area contributed by atoms with Crippen LogP contribution in [0.25, 0.3) is 0 Å². The highest BCUT2D eigenvalue weighted by molar-refractivity contribution is 5.78. The third-order valence-electron chi connectivity index (χ3n) is 6.66. The van der Waals surface area contributed by atoms with Crippen LogP contribution < -0.4 is 0 Å². The molecule has 0 radical (unpaired) electrons. The van der Waals surface area contributed by atoms with E-state index in [2.05, 4.69) is 6.92 Å². The number of hydrogen-bond acceptors (Lipinski definition) is 7. The van der Waals surface area contributed by atoms with Gasteiger partial charge in [0.2, 0.25) is 11.8 Å². The Hall–Kier alpha value is -3.86. The lowest BCUT2D eigenvalue weighted by Crippen LogP contribution is -2.45. The van der Waals surface area contributed by atoms with Crippen molar-refractivity contribution in [3.05, 3.63) is 79.9 Å². The van der Waals surface area contributed by atoms with Crippen molar-refractivity contribution in [2.24, 2.45) is 11.8 Å². The Labute approximate surface area is 215 Å². The molecule has 2 fully saturated rings. The summed E-state index contributed by atoms with van der Waals surface area (Å²) in [6.07, 6.45) is 1.52. The highest BCUT2D eigenvalue weighted by Crippen LogP contribution is 2.27. The molecule has 2 aliphatic rings. The fourth-order valence-corrected chi connectivity index (χ4v) is 4.58. The molecule has 0 aliphatic carbocycles. The molecule has 4 rings (SSSR count). The first-order valence-corrected chi connectivity index (χ1v) is 12.3. The number of rotatable bonds is 6. The standard InChI is InChI=1S/C13H16N2O4.C13H16N2O3/c1-9-6-12(16)14(13(17)7-9)8-10-4-2-3-5-11(10)15(18)19;1-10-6-7-14(13(16)8-10)9-11-4-2-3-5-12(11)15(17)18/h2-5,9,12,16H,6-8H2,1H3;2-5,10H,6-9H2,1H3. The molecule has 0 saturated carbocycles. The van der Waals surface area contributed by atoms with Crippen molar-refractivity contribution in [2.75, 3.05) is 6.54 Å². The van der Waals surface area contributed by atoms with Gasteiger partial charge in [0.25, 0.3) is 11.4 Å². The average molecular weight is 513 g/mol. The van der Waals surface area contributed by atoms with Gasteiger partial charge >= 0.3 is 0 Å². The Bertz CT molecular complexity index is 1160. The van der Waals surface area contributed by atoms with Gasteiger partial charge in [0.1, 0.15) is 6.23 Å². The molecule has 198 valence electrons. The van der Waals surface area contributed by atoms with E-state index >= 15 is 0 Å². The molecule has 0 spiro atoms. The van der Waals surface area contributed by atoms with Gasteiger partial charge in [0.05, 0.1) is 22.9 Å². The molecule has 3 unspecified atom stereocenters. The van der Waals surface area contributed by atoms with Crippen molar-refractivity contribution in [1.29, 1.82) is 0 Å². The lowest BCUT2D eigenvalue weighted by atomic mass is 9.96. The lowest BCUT2D eigenvalue weighted by molar-refractivity contribution is -0.385. The van der Waals surface area contributed by atoms with Crippen LogP contribution in [-0.4, -0.2) is 49.3 Å². The van der Waals surface area contributed by atoms with Crippen LogP contribution in [-0.2, 0) is 22.7 Å². The first kappa shape index (κ1) is 27.7. The molecular formula is C26H32N4O7. The van der Waals surface area contributed by atoms with Crippen LogP contribution in [0.2, 0.25) is 0 Å². The van der Waals surface area contributed by atoms with Gasteiger partial charge in [0.15, 0.2) is 0 Å². The molecule has 0 aromatic heterocycles. The number of nitro groups is 2. The minimum atomic E-state index is -0.865. The van der Waals surface area contributed by atoms with E-state index in [1.54, 1.807) is 41.3 Å². The minimum Gasteiger partial charge on any atom is -0.374 e. The molecule has 2 aromatic rings. The van der Waals surface area contributed by atoms with E-state index in [4.69, 9.17) is 0 Å². The lowest BCUT2D eigenvalue weighted by Gasteiger charge is -2.34. The van der Waals surface area contributed by atoms with Crippen LogP contribution in [0.1, 0.15) is 50.7 Å². The Morgan fingerprint density at radius 2 is 1.35 bits per heavy atom. The quantitative estimate of drug-likeness (QED) is 0.454. The molecule has 2 aliphatic heterocycles. The molecule has 1 N–H and O–H groups in total. The summed E-state index contributed by atoms with van der Waals surface area (Å²) in [5.41, 5.74) is 1.10. The van der Waals surface area contributed by atoms with E-state index in [1.807, 2.05) is 6.92 Å². The highest BCUT2D eigenvalue weighted by atomic mass is 16.6. The summed E-state index contributed by atoms with van der Waals surface area (Å²) in [6, 6.07) is 12.9. The Balaban J connectivity index is 0.000000206. The summed E-state index contributed by atoms with van der Waals surface area (Å²) in [6.45, 7) is 5.06. The van der Waals surface area contributed by atoms with Crippen LogP contribution in [0.3, 0.4) is 0 Å². The summed E-state index contributed by atoms with van der Waals surface area (Å²) in [5.74, 6) is 0.486. The molecule has 11 heteroatoms. The van der Waals surface area contributed by atoms with Crippen LogP contribution in [0.4, 0.5) is 11.4 Å². The number of benzene rings is 2. The second-order valence-electron chi connectivity index (χ2n) is 9.73. The number of aliphatic hydroxyl groups is 1. The van der Waals surface area contributed by atoms with Crippen molar-refractivity contribution in [3.8, 4) is 0 Å². The zero-order chi connectivity index (χ0) is 27.1. The highest BCUT2D eigenvalue weighted by Gasteiger charge is 2.31. The number of nitro benzene ring substituents is 2. The average Bonchev–Trinajstić information content (AvgIpc) is 2.84. The van der Waals surface area contributed by atoms with Crippen molar-refractivity contribution in [1.82, 2.24) is 9.80 Å². The molecule has 2 amide bonds. The monoisotopic (exact) mass is 512 g/mol. The number of amides is 2. The van der Waals surface area contributed by atoms with E-state index in [0.717, 1.165) is 6.42 Å². The molecule has 3 atom stereocenters. The molecule has 2 aromatic carbocycles. The predicted molar refractivity (Wildman–Crippen MR) is 135 cm³/mol. The van der Waals surface area contributed by atoms with Crippen molar-refractivity contribution >= 4 is 23.2 Å². The number of carbonyl (C=O) groups excluding carboxylic acids is 2. The van der Waals surface area contributed by atoms with Gasteiger partial charge in [-0.25, -0.2) is 0 Å². The van der Waals surface area contributed by atoms with E-state index in [9.17, 15) is 34.9 Å². The largest absolute Gasteiger partial charge is 0.374 e. The topological polar surface area (TPSA) is 147 Å². The first-order chi connectivity index (χ1) is 17.6. The summed E-state index contributed by atoms with van der Waals surface area (Å²) in [4.78, 5) is 47.7. The molecule has 0 bridgehead atoms. The normalized spacial score (nSPS) is 21.8. The zero-order valence-electron chi connectivity index (χ0n) is 21.0. The third-order valence-corrected chi connectivity index (χ3v) is 6.66. The molecule has 11 nitrogen and oxygen atoms in total. The second-order valence-corrected chi connectivity index (χ2v) is 9.73. The smallest absolute Gasteiger partial charge is 0.274 e. The number of piperidine rings is 2. The minimum absolute atomic E-state index is 0.0267. The van der Waals surface area contributed by atoms with Crippen molar-refractivity contribution in [3.63, 3.8) is 0 Å². The molecule has 37 heavy (non-hydrogen) atoms. The van der Waals surface area contributed by atoms with Gasteiger partial charge in [-0.05, 0) is 24.7 Å². The first-order valence-electron chi connectivity index (χ1n) is 12.3. The van der Waals surface area contributed by atoms with E-state index < -0.39 is 16.1 Å². The Morgan fingerprint density at radius 1 is 0.838 bits per heavy atom. The number of aliphatic hydroxyl groups excluding tert-OH is 1. The fourth-order valence-electron chi connectivity index (χ4n) is 4.58. The number of hydrogen-bond donors (Lipinski definition) is 1. The molecule has 2 heterocycles. The maximum atomic E-state index is 11.9. The number of nitrogens with zero attached hydrogens (tertiary/aromatic N) is 4. The van der Waals surface area contributed by atoms with Crippen LogP contribution in [0, 0.1) is 32.1 Å². The van der Waals surface area contributed by atoms with E-state index in [1.165, 1.54) is 17.0 Å². The predicted octanol–water partition coefficient (Wildman–Crippen LogP) is 4.03. The van der Waals surface area contributed by atoms with Gasteiger partial charge in [-0.3, -0.25) is 29.8 Å². The third kappa shape index (κ3) is 7.32. The molecular weight excluding hydrogens is 480 g/mol. The zero-order valence-corrected chi connectivity index (χ0v) is 21.0. The van der Waals surface area contributed by atoms with Crippen molar-refractivity contribution in [2.45, 2.75) is 58.8 Å². The second kappa shape index (κ2) is 12.4. The van der Waals surface area contributed by atoms with Crippen LogP contribution >= 0.6 is 0 Å². The van der Waals surface area contributed by atoms with Gasteiger partial charge < -0.3 is 14.9 Å². The fraction of sp³-hybridized carbons (Fsp3) is 0.462. The van der Waals surface area contributed by atoms with Gasteiger partial charge in [0, 0.05) is 42.6 Å². The van der Waals surface area contributed by atoms with Crippen molar-refractivity contribution < 1.29 is 24.5 Å². The number of likely N-dealkylation sites (tertiary alicyclic amines) is 2. The number of para-hydroxylation sites is 2. The van der Waals surface area contributed by atoms with Crippen LogP contribution in [0.15, 0.2) is 48.5 Å². The summed E-state index contributed by atoms with van der Waals surface area (Å²) < 4.78 is 0. The summed E-state index contributed by atoms with van der Waals surface area (Å²) in [5, 5.41) is 31.8.